The standard InChI is InChI=1S/C20H17FN6O3/c1-10(12-3-2-4-14(21)7-12)27-17-16(15(25-27)11-5-6-11)23-20(24-18(17)28)26-9-13(8-22-26)19(29)30/h2-4,7-11H,5-6H2,1H3,(H,29,30)(H,23,24,28)/t10-/m0/s1. The van der Waals surface area contributed by atoms with E-state index in [1.807, 2.05) is 6.92 Å². The average molecular weight is 408 g/mol. The molecule has 0 saturated heterocycles. The first-order valence-corrected chi connectivity index (χ1v) is 9.45. The fourth-order valence-corrected chi connectivity index (χ4v) is 3.50. The maximum absolute atomic E-state index is 13.7. The van der Waals surface area contributed by atoms with Crippen LogP contribution in [0, 0.1) is 5.82 Å². The van der Waals surface area contributed by atoms with Crippen molar-refractivity contribution in [1.29, 1.82) is 0 Å². The number of nitrogens with zero attached hydrogens (tertiary/aromatic N) is 6. The van der Waals surface area contributed by atoms with Crippen molar-refractivity contribution in [2.75, 3.05) is 0 Å². The van der Waals surface area contributed by atoms with E-state index in [2.05, 4.69) is 15.1 Å². The van der Waals surface area contributed by atoms with E-state index < -0.39 is 5.97 Å². The van der Waals surface area contributed by atoms with Gasteiger partial charge in [0.25, 0.3) is 5.95 Å². The van der Waals surface area contributed by atoms with E-state index in [9.17, 15) is 14.3 Å². The normalized spacial score (nSPS) is 14.9. The maximum Gasteiger partial charge on any atom is 0.338 e. The second-order valence-electron chi connectivity index (χ2n) is 7.36. The molecule has 3 aromatic heterocycles. The van der Waals surface area contributed by atoms with Gasteiger partial charge in [-0.05, 0) is 37.5 Å². The smallest absolute Gasteiger partial charge is 0.338 e. The zero-order valence-corrected chi connectivity index (χ0v) is 15.9. The molecule has 0 aliphatic heterocycles. The van der Waals surface area contributed by atoms with Crippen LogP contribution in [0.3, 0.4) is 0 Å². The first kappa shape index (κ1) is 18.2. The van der Waals surface area contributed by atoms with Gasteiger partial charge in [0.15, 0.2) is 0 Å². The molecule has 1 aliphatic carbocycles. The van der Waals surface area contributed by atoms with Crippen LogP contribution >= 0.6 is 0 Å². The molecule has 3 heterocycles. The summed E-state index contributed by atoms with van der Waals surface area (Å²) in [6.45, 7) is 1.86. The van der Waals surface area contributed by atoms with Gasteiger partial charge < -0.3 is 10.2 Å². The average Bonchev–Trinajstić information content (AvgIpc) is 3.29. The van der Waals surface area contributed by atoms with Gasteiger partial charge in [-0.2, -0.15) is 15.2 Å². The van der Waals surface area contributed by atoms with Crippen molar-refractivity contribution in [3.8, 4) is 11.8 Å². The number of carboxylic acids is 1. The fourth-order valence-electron chi connectivity index (χ4n) is 3.50. The molecule has 2 N–H and O–H groups in total. The van der Waals surface area contributed by atoms with Crippen LogP contribution in [0.4, 0.5) is 4.39 Å². The third-order valence-corrected chi connectivity index (χ3v) is 5.24. The number of aromatic nitrogens is 6. The van der Waals surface area contributed by atoms with E-state index in [1.165, 1.54) is 29.2 Å². The number of carboxylic acid groups (broad SMARTS) is 1. The Bertz CT molecular complexity index is 1290. The van der Waals surface area contributed by atoms with Crippen molar-refractivity contribution in [1.82, 2.24) is 29.5 Å². The topological polar surface area (TPSA) is 119 Å². The minimum absolute atomic E-state index is 0.0176. The Kier molecular flexibility index (Phi) is 4.02. The summed E-state index contributed by atoms with van der Waals surface area (Å²) in [5.74, 6) is -1.50. The number of aromatic hydroxyl groups is 1. The van der Waals surface area contributed by atoms with E-state index in [1.54, 1.807) is 16.8 Å². The lowest BCUT2D eigenvalue weighted by molar-refractivity contribution is 0.0697. The minimum Gasteiger partial charge on any atom is -0.492 e. The number of fused-ring (bicyclic) bond motifs is 1. The molecule has 0 amide bonds. The Balaban J connectivity index is 1.67. The monoisotopic (exact) mass is 408 g/mol. The van der Waals surface area contributed by atoms with Gasteiger partial charge >= 0.3 is 5.97 Å². The van der Waals surface area contributed by atoms with Crippen molar-refractivity contribution >= 4 is 17.0 Å². The third-order valence-electron chi connectivity index (χ3n) is 5.24. The molecule has 5 rings (SSSR count). The summed E-state index contributed by atoms with van der Waals surface area (Å²) < 4.78 is 16.5. The summed E-state index contributed by atoms with van der Waals surface area (Å²) in [6.07, 6.45) is 4.39. The van der Waals surface area contributed by atoms with Gasteiger partial charge in [0.1, 0.15) is 16.9 Å². The van der Waals surface area contributed by atoms with Gasteiger partial charge in [-0.25, -0.2) is 18.9 Å². The zero-order chi connectivity index (χ0) is 21.0. The second-order valence-corrected chi connectivity index (χ2v) is 7.36. The highest BCUT2D eigenvalue weighted by molar-refractivity contribution is 5.87. The molecule has 0 radical (unpaired) electrons. The summed E-state index contributed by atoms with van der Waals surface area (Å²) in [5, 5.41) is 28.5. The van der Waals surface area contributed by atoms with E-state index in [0.29, 0.717) is 16.6 Å². The lowest BCUT2D eigenvalue weighted by Gasteiger charge is -2.14. The van der Waals surface area contributed by atoms with Crippen molar-refractivity contribution < 1.29 is 19.4 Å². The molecule has 152 valence electrons. The molecule has 1 aromatic carbocycles. The zero-order valence-electron chi connectivity index (χ0n) is 15.9. The number of benzene rings is 1. The molecule has 0 spiro atoms. The Morgan fingerprint density at radius 3 is 2.77 bits per heavy atom. The lowest BCUT2D eigenvalue weighted by Crippen LogP contribution is -2.10. The largest absolute Gasteiger partial charge is 0.492 e. The minimum atomic E-state index is -1.12. The van der Waals surface area contributed by atoms with Gasteiger partial charge in [0.05, 0.1) is 23.5 Å². The fraction of sp³-hybridized carbons (Fsp3) is 0.250. The number of rotatable bonds is 5. The first-order chi connectivity index (χ1) is 14.4. The second kappa shape index (κ2) is 6.61. The van der Waals surface area contributed by atoms with Crippen molar-refractivity contribution in [3.05, 3.63) is 59.3 Å². The number of carbonyl (C=O) groups is 1. The summed E-state index contributed by atoms with van der Waals surface area (Å²) in [6, 6.07) is 5.86. The van der Waals surface area contributed by atoms with Crippen molar-refractivity contribution in [2.45, 2.75) is 31.7 Å². The van der Waals surface area contributed by atoms with Gasteiger partial charge in [-0.3, -0.25) is 4.68 Å². The Labute approximate surface area is 169 Å². The third kappa shape index (κ3) is 2.97. The maximum atomic E-state index is 13.7. The highest BCUT2D eigenvalue weighted by Crippen LogP contribution is 2.44. The van der Waals surface area contributed by atoms with Crippen molar-refractivity contribution in [2.24, 2.45) is 0 Å². The van der Waals surface area contributed by atoms with Crippen LogP contribution in [0.1, 0.15) is 53.3 Å². The van der Waals surface area contributed by atoms with Crippen LogP contribution in [-0.4, -0.2) is 45.7 Å². The van der Waals surface area contributed by atoms with E-state index in [4.69, 9.17) is 10.2 Å². The molecule has 4 aromatic rings. The summed E-state index contributed by atoms with van der Waals surface area (Å²) in [5.41, 5.74) is 2.25. The molecule has 9 nitrogen and oxygen atoms in total. The highest BCUT2D eigenvalue weighted by atomic mass is 19.1. The predicted octanol–water partition coefficient (Wildman–Crippen LogP) is 3.04. The van der Waals surface area contributed by atoms with Gasteiger partial charge in [0.2, 0.25) is 5.88 Å². The van der Waals surface area contributed by atoms with Crippen LogP contribution < -0.4 is 0 Å². The molecule has 1 atom stereocenters. The van der Waals surface area contributed by atoms with Crippen LogP contribution in [0.15, 0.2) is 36.7 Å². The van der Waals surface area contributed by atoms with Gasteiger partial charge in [0, 0.05) is 12.1 Å². The molecule has 10 heteroatoms. The van der Waals surface area contributed by atoms with Crippen molar-refractivity contribution in [3.63, 3.8) is 0 Å². The first-order valence-electron chi connectivity index (χ1n) is 9.45. The van der Waals surface area contributed by atoms with Gasteiger partial charge in [-0.15, -0.1) is 0 Å². The van der Waals surface area contributed by atoms with E-state index in [-0.39, 0.29) is 35.2 Å². The molecule has 1 aliphatic rings. The van der Waals surface area contributed by atoms with Crippen LogP contribution in [0.5, 0.6) is 5.88 Å². The quantitative estimate of drug-likeness (QED) is 0.521. The lowest BCUT2D eigenvalue weighted by atomic mass is 10.1. The SMILES string of the molecule is C[C@@H](c1cccc(F)c1)n1nc(C2CC2)c2nc(-n3cc(C(=O)O)cn3)nc(O)c21. The molecule has 1 fully saturated rings. The highest BCUT2D eigenvalue weighted by Gasteiger charge is 2.33. The number of aromatic carboxylic acids is 1. The molecular weight excluding hydrogens is 391 g/mol. The summed E-state index contributed by atoms with van der Waals surface area (Å²) in [4.78, 5) is 19.8. The summed E-state index contributed by atoms with van der Waals surface area (Å²) >= 11 is 0. The summed E-state index contributed by atoms with van der Waals surface area (Å²) in [7, 11) is 0. The number of halogens is 1. The molecule has 30 heavy (non-hydrogen) atoms. The number of hydrogen-bond acceptors (Lipinski definition) is 6. The number of hydrogen-bond donors (Lipinski definition) is 2. The molecular formula is C20H17FN6O3. The Hall–Kier alpha value is -3.82. The van der Waals surface area contributed by atoms with Crippen LogP contribution in [0.2, 0.25) is 0 Å². The molecule has 0 unspecified atom stereocenters. The van der Waals surface area contributed by atoms with E-state index >= 15 is 0 Å². The van der Waals surface area contributed by atoms with Crippen LogP contribution in [0.25, 0.3) is 17.0 Å². The van der Waals surface area contributed by atoms with Gasteiger partial charge in [-0.1, -0.05) is 12.1 Å². The predicted molar refractivity (Wildman–Crippen MR) is 103 cm³/mol. The Morgan fingerprint density at radius 2 is 2.10 bits per heavy atom. The molecule has 1 saturated carbocycles. The van der Waals surface area contributed by atoms with Crippen LogP contribution in [-0.2, 0) is 0 Å². The van der Waals surface area contributed by atoms with E-state index in [0.717, 1.165) is 18.5 Å². The molecule has 0 bridgehead atoms. The Morgan fingerprint density at radius 1 is 1.30 bits per heavy atom.